The molecule has 0 bridgehead atoms. The van der Waals surface area contributed by atoms with Crippen LogP contribution in [0.4, 0.5) is 0 Å². The summed E-state index contributed by atoms with van der Waals surface area (Å²) in [5.41, 5.74) is 2.22. The Bertz CT molecular complexity index is 369. The Morgan fingerprint density at radius 3 is 3.18 bits per heavy atom. The summed E-state index contributed by atoms with van der Waals surface area (Å²) in [4.78, 5) is 4.20. The number of halogens is 1. The molecule has 0 unspecified atom stereocenters. The predicted octanol–water partition coefficient (Wildman–Crippen LogP) is 3.04. The lowest BCUT2D eigenvalue weighted by atomic mass is 10.3. The number of hydrogen-bond donors (Lipinski definition) is 0. The van der Waals surface area contributed by atoms with Gasteiger partial charge in [0.2, 0.25) is 0 Å². The number of fused-ring (bicyclic) bond motifs is 1. The molecular weight excluding hydrogens is 178 g/mol. The van der Waals surface area contributed by atoms with Crippen molar-refractivity contribution in [3.05, 3.63) is 29.3 Å². The lowest BCUT2D eigenvalue weighted by Crippen LogP contribution is -1.78. The van der Waals surface area contributed by atoms with Crippen molar-refractivity contribution in [2.45, 2.75) is 5.88 Å². The van der Waals surface area contributed by atoms with Gasteiger partial charge in [-0.15, -0.1) is 22.9 Å². The second-order valence-corrected chi connectivity index (χ2v) is 3.42. The lowest BCUT2D eigenvalue weighted by molar-refractivity contribution is 1.36. The lowest BCUT2D eigenvalue weighted by Gasteiger charge is -1.94. The first-order valence-electron chi connectivity index (χ1n) is 3.29. The van der Waals surface area contributed by atoms with Crippen molar-refractivity contribution in [1.29, 1.82) is 0 Å². The molecule has 0 N–H and O–H groups in total. The quantitative estimate of drug-likeness (QED) is 0.620. The van der Waals surface area contributed by atoms with Crippen LogP contribution >= 0.6 is 22.9 Å². The van der Waals surface area contributed by atoms with E-state index in [2.05, 4.69) is 4.98 Å². The van der Waals surface area contributed by atoms with Crippen LogP contribution in [0.25, 0.3) is 10.2 Å². The third-order valence-electron chi connectivity index (χ3n) is 1.57. The largest absolute Gasteiger partial charge is 0.255 e. The molecule has 0 saturated carbocycles. The molecule has 0 aromatic carbocycles. The van der Waals surface area contributed by atoms with Crippen molar-refractivity contribution in [3.8, 4) is 0 Å². The molecule has 0 fully saturated rings. The molecule has 0 saturated heterocycles. The van der Waals surface area contributed by atoms with E-state index in [1.54, 1.807) is 17.5 Å². The molecular formula is C8H6ClNS. The molecule has 0 atom stereocenters. The molecule has 3 heteroatoms. The van der Waals surface area contributed by atoms with Gasteiger partial charge < -0.3 is 0 Å². The third kappa shape index (κ3) is 1.12. The van der Waals surface area contributed by atoms with Crippen LogP contribution < -0.4 is 0 Å². The van der Waals surface area contributed by atoms with Crippen molar-refractivity contribution in [3.63, 3.8) is 0 Å². The van der Waals surface area contributed by atoms with Gasteiger partial charge in [-0.2, -0.15) is 0 Å². The topological polar surface area (TPSA) is 12.9 Å². The van der Waals surface area contributed by atoms with Crippen LogP contribution in [0.1, 0.15) is 5.56 Å². The number of aromatic nitrogens is 1. The molecule has 11 heavy (non-hydrogen) atoms. The van der Waals surface area contributed by atoms with Crippen molar-refractivity contribution >= 4 is 33.2 Å². The van der Waals surface area contributed by atoms with Gasteiger partial charge in [0.1, 0.15) is 0 Å². The van der Waals surface area contributed by atoms with E-state index in [0.717, 1.165) is 5.52 Å². The number of nitrogens with zero attached hydrogens (tertiary/aromatic N) is 1. The molecule has 2 aromatic heterocycles. The highest BCUT2D eigenvalue weighted by Gasteiger charge is 2.00. The first kappa shape index (κ1) is 7.07. The van der Waals surface area contributed by atoms with E-state index in [9.17, 15) is 0 Å². The van der Waals surface area contributed by atoms with E-state index in [1.165, 1.54) is 10.3 Å². The molecule has 0 spiro atoms. The maximum absolute atomic E-state index is 5.74. The molecule has 0 aliphatic carbocycles. The Morgan fingerprint density at radius 1 is 1.45 bits per heavy atom. The number of rotatable bonds is 1. The van der Waals surface area contributed by atoms with Crippen molar-refractivity contribution in [2.24, 2.45) is 0 Å². The van der Waals surface area contributed by atoms with E-state index in [-0.39, 0.29) is 0 Å². The minimum absolute atomic E-state index is 0.569. The van der Waals surface area contributed by atoms with Crippen LogP contribution in [0.3, 0.4) is 0 Å². The van der Waals surface area contributed by atoms with E-state index in [4.69, 9.17) is 11.6 Å². The summed E-state index contributed by atoms with van der Waals surface area (Å²) >= 11 is 7.43. The van der Waals surface area contributed by atoms with Crippen molar-refractivity contribution in [2.75, 3.05) is 0 Å². The maximum atomic E-state index is 5.74. The molecule has 2 heterocycles. The molecule has 2 aromatic rings. The van der Waals surface area contributed by atoms with Gasteiger partial charge in [-0.05, 0) is 23.1 Å². The average molecular weight is 184 g/mol. The Hall–Kier alpha value is -0.600. The molecule has 0 amide bonds. The van der Waals surface area contributed by atoms with Gasteiger partial charge in [0.25, 0.3) is 0 Å². The van der Waals surface area contributed by atoms with E-state index in [1.807, 2.05) is 17.5 Å². The van der Waals surface area contributed by atoms with Crippen LogP contribution in [0.2, 0.25) is 0 Å². The van der Waals surface area contributed by atoms with Crippen LogP contribution in [-0.2, 0) is 5.88 Å². The SMILES string of the molecule is ClCc1ccnc2ccsc12. The van der Waals surface area contributed by atoms with Gasteiger partial charge in [0.05, 0.1) is 10.2 Å². The Balaban J connectivity index is 2.79. The summed E-state index contributed by atoms with van der Waals surface area (Å²) in [5, 5.41) is 2.04. The molecule has 0 radical (unpaired) electrons. The third-order valence-corrected chi connectivity index (χ3v) is 2.84. The zero-order valence-electron chi connectivity index (χ0n) is 5.75. The summed E-state index contributed by atoms with van der Waals surface area (Å²) in [6.45, 7) is 0. The standard InChI is InChI=1S/C8H6ClNS/c9-5-6-1-3-10-7-2-4-11-8(6)7/h1-4H,5H2. The average Bonchev–Trinajstić information content (AvgIpc) is 2.50. The van der Waals surface area contributed by atoms with Crippen LogP contribution in [0.15, 0.2) is 23.7 Å². The first-order valence-corrected chi connectivity index (χ1v) is 4.70. The summed E-state index contributed by atoms with van der Waals surface area (Å²) in [6, 6.07) is 3.97. The molecule has 0 aliphatic rings. The predicted molar refractivity (Wildman–Crippen MR) is 49.2 cm³/mol. The Labute approximate surface area is 73.6 Å². The highest BCUT2D eigenvalue weighted by atomic mass is 35.5. The molecule has 56 valence electrons. The molecule has 2 rings (SSSR count). The zero-order chi connectivity index (χ0) is 7.68. The smallest absolute Gasteiger partial charge is 0.0812 e. The first-order chi connectivity index (χ1) is 5.42. The number of pyridine rings is 1. The Morgan fingerprint density at radius 2 is 2.36 bits per heavy atom. The highest BCUT2D eigenvalue weighted by Crippen LogP contribution is 2.23. The summed E-state index contributed by atoms with van der Waals surface area (Å²) in [5.74, 6) is 0.569. The minimum atomic E-state index is 0.569. The van der Waals surface area contributed by atoms with Gasteiger partial charge in [0.15, 0.2) is 0 Å². The zero-order valence-corrected chi connectivity index (χ0v) is 7.32. The van der Waals surface area contributed by atoms with Gasteiger partial charge >= 0.3 is 0 Å². The van der Waals surface area contributed by atoms with Gasteiger partial charge in [-0.3, -0.25) is 4.98 Å². The fourth-order valence-electron chi connectivity index (χ4n) is 1.03. The fraction of sp³-hybridized carbons (Fsp3) is 0.125. The fourth-order valence-corrected chi connectivity index (χ4v) is 2.20. The minimum Gasteiger partial charge on any atom is -0.255 e. The Kier molecular flexibility index (Phi) is 1.80. The number of thiophene rings is 1. The van der Waals surface area contributed by atoms with Gasteiger partial charge in [-0.25, -0.2) is 0 Å². The van der Waals surface area contributed by atoms with Crippen molar-refractivity contribution in [1.82, 2.24) is 4.98 Å². The van der Waals surface area contributed by atoms with E-state index < -0.39 is 0 Å². The van der Waals surface area contributed by atoms with Crippen LogP contribution in [-0.4, -0.2) is 4.98 Å². The molecule has 1 nitrogen and oxygen atoms in total. The van der Waals surface area contributed by atoms with E-state index in [0.29, 0.717) is 5.88 Å². The molecule has 0 aliphatic heterocycles. The van der Waals surface area contributed by atoms with Gasteiger partial charge in [-0.1, -0.05) is 0 Å². The number of hydrogen-bond acceptors (Lipinski definition) is 2. The van der Waals surface area contributed by atoms with Crippen LogP contribution in [0.5, 0.6) is 0 Å². The second-order valence-electron chi connectivity index (χ2n) is 2.24. The second kappa shape index (κ2) is 2.80. The summed E-state index contributed by atoms with van der Waals surface area (Å²) in [7, 11) is 0. The normalized spacial score (nSPS) is 10.6. The van der Waals surface area contributed by atoms with Crippen LogP contribution in [0, 0.1) is 0 Å². The van der Waals surface area contributed by atoms with Gasteiger partial charge in [0, 0.05) is 12.1 Å². The summed E-state index contributed by atoms with van der Waals surface area (Å²) < 4.78 is 1.21. The van der Waals surface area contributed by atoms with E-state index >= 15 is 0 Å². The number of alkyl halides is 1. The maximum Gasteiger partial charge on any atom is 0.0812 e. The van der Waals surface area contributed by atoms with Crippen molar-refractivity contribution < 1.29 is 0 Å². The summed E-state index contributed by atoms with van der Waals surface area (Å²) in [6.07, 6.45) is 1.80. The highest BCUT2D eigenvalue weighted by molar-refractivity contribution is 7.17. The monoisotopic (exact) mass is 183 g/mol.